The Kier molecular flexibility index (Phi) is 20.7. The molecule has 0 radical (unpaired) electrons. The molecule has 1 aromatic rings. The van der Waals surface area contributed by atoms with Crippen molar-refractivity contribution in [3.63, 3.8) is 0 Å². The van der Waals surface area contributed by atoms with Crippen molar-refractivity contribution in [2.75, 3.05) is 34.2 Å². The molecule has 0 saturated carbocycles. The Labute approximate surface area is 334 Å². The number of carbonyl (C=O) groups is 2. The van der Waals surface area contributed by atoms with Gasteiger partial charge in [-0.15, -0.1) is 0 Å². The topological polar surface area (TPSA) is 110 Å². The number of unbranched alkanes of at least 4 members (excludes halogenated alkanes) is 9. The number of rotatable bonds is 26. The summed E-state index contributed by atoms with van der Waals surface area (Å²) in [5.74, 6) is 8.09. The van der Waals surface area contributed by atoms with Gasteiger partial charge in [-0.2, -0.15) is 5.10 Å². The minimum absolute atomic E-state index is 0.104. The monoisotopic (exact) mass is 764 g/mol. The maximum atomic E-state index is 13.9. The third-order valence-corrected chi connectivity index (χ3v) is 12.3. The molecule has 1 aliphatic heterocycles. The largest absolute Gasteiger partial charge is 0.464 e. The lowest BCUT2D eigenvalue weighted by atomic mass is 9.84. The van der Waals surface area contributed by atoms with Gasteiger partial charge in [0, 0.05) is 57.1 Å². The van der Waals surface area contributed by atoms with Crippen LogP contribution in [0.5, 0.6) is 5.75 Å². The number of hydrogen-bond acceptors (Lipinski definition) is 8. The number of benzene rings is 1. The van der Waals surface area contributed by atoms with Crippen molar-refractivity contribution in [2.24, 2.45) is 33.7 Å². The fraction of sp³-hybridized carbons (Fsp3) is 0.739. The Morgan fingerprint density at radius 3 is 2.25 bits per heavy atom. The molecule has 0 aromatic heterocycles. The lowest BCUT2D eigenvalue weighted by Gasteiger charge is -2.37. The van der Waals surface area contributed by atoms with Crippen LogP contribution < -0.4 is 10.6 Å². The van der Waals surface area contributed by atoms with Crippen LogP contribution in [0.3, 0.4) is 0 Å². The van der Waals surface area contributed by atoms with Gasteiger partial charge >= 0.3 is 0 Å². The molecule has 0 spiro atoms. The maximum absolute atomic E-state index is 13.9. The predicted octanol–water partition coefficient (Wildman–Crippen LogP) is 9.61. The van der Waals surface area contributed by atoms with E-state index in [0.717, 1.165) is 61.8 Å². The summed E-state index contributed by atoms with van der Waals surface area (Å²) in [4.78, 5) is 34.0. The van der Waals surface area contributed by atoms with Crippen molar-refractivity contribution in [1.82, 2.24) is 9.80 Å². The molecular weight excluding hydrogens is 687 g/mol. The van der Waals surface area contributed by atoms with Gasteiger partial charge in [-0.25, -0.2) is 0 Å². The number of nitrogens with zero attached hydrogens (tertiary/aromatic N) is 4. The molecule has 3 rings (SSSR count). The van der Waals surface area contributed by atoms with E-state index in [1.807, 2.05) is 18.2 Å². The summed E-state index contributed by atoms with van der Waals surface area (Å²) in [6.45, 7) is 15.0. The van der Waals surface area contributed by atoms with E-state index < -0.39 is 0 Å². The van der Waals surface area contributed by atoms with Crippen molar-refractivity contribution in [3.8, 4) is 5.75 Å². The fourth-order valence-electron chi connectivity index (χ4n) is 7.92. The summed E-state index contributed by atoms with van der Waals surface area (Å²) in [6, 6.07) is 4.32. The molecule has 1 fully saturated rings. The summed E-state index contributed by atoms with van der Waals surface area (Å²) in [7, 11) is 6.20. The summed E-state index contributed by atoms with van der Waals surface area (Å²) in [5, 5.41) is 4.19. The van der Waals surface area contributed by atoms with Gasteiger partial charge in [0.25, 0.3) is 0 Å². The van der Waals surface area contributed by atoms with E-state index in [9.17, 15) is 9.59 Å². The molecule has 9 heteroatoms. The minimum atomic E-state index is -0.317. The highest BCUT2D eigenvalue weighted by atomic mass is 16.7. The highest BCUT2D eigenvalue weighted by Gasteiger charge is 2.34. The molecular formula is C46H77N5O4. The molecule has 1 saturated heterocycles. The Bertz CT molecular complexity index is 1390. The number of amides is 1. The van der Waals surface area contributed by atoms with Crippen molar-refractivity contribution in [2.45, 2.75) is 169 Å². The molecule has 6 unspecified atom stereocenters. The zero-order valence-electron chi connectivity index (χ0n) is 36.2. The normalized spacial score (nSPS) is 21.2. The lowest BCUT2D eigenvalue weighted by molar-refractivity contribution is -0.175. The van der Waals surface area contributed by atoms with E-state index in [1.54, 1.807) is 0 Å². The zero-order valence-corrected chi connectivity index (χ0v) is 36.2. The van der Waals surface area contributed by atoms with Gasteiger partial charge in [0.05, 0.1) is 11.8 Å². The molecule has 0 bridgehead atoms. The van der Waals surface area contributed by atoms with E-state index in [-0.39, 0.29) is 30.3 Å². The number of ether oxygens (including phenoxy) is 2. The number of aliphatic imine (C=N–C) groups is 1. The summed E-state index contributed by atoms with van der Waals surface area (Å²) < 4.78 is 13.0. The first-order chi connectivity index (χ1) is 26.4. The van der Waals surface area contributed by atoms with Crippen LogP contribution in [-0.4, -0.2) is 86.6 Å². The molecule has 9 nitrogen and oxygen atoms in total. The van der Waals surface area contributed by atoms with Crippen molar-refractivity contribution >= 4 is 30.2 Å². The maximum Gasteiger partial charge on any atom is 0.223 e. The number of fused-ring (bicyclic) bond motifs is 1. The van der Waals surface area contributed by atoms with E-state index in [4.69, 9.17) is 20.3 Å². The van der Waals surface area contributed by atoms with Gasteiger partial charge < -0.3 is 29.9 Å². The van der Waals surface area contributed by atoms with Gasteiger partial charge in [-0.3, -0.25) is 9.79 Å². The standard InChI is InChI=1S/C46H77N5O4/c1-33(2)36(5)51(9)45(53)31-39(30-40(49-47)32-48-24-18-15-13-11-10-12-14-16-19-25-50(7)8)41-22-23-44(55-46-27-34(3)35(4)37(6)54-46)43-29-38(28-42(41)43)21-17-20-26-52/h22-23,26,29,32-37,39,46H,10-21,24-25,27-28,30-31,47H2,1-9H3. The molecule has 1 aliphatic carbocycles. The number of carbonyl (C=O) groups excluding carboxylic acids is 2. The second kappa shape index (κ2) is 24.6. The highest BCUT2D eigenvalue weighted by Crippen LogP contribution is 2.42. The van der Waals surface area contributed by atoms with Crippen molar-refractivity contribution < 1.29 is 19.1 Å². The third kappa shape index (κ3) is 15.4. The number of allylic oxidation sites excluding steroid dienone is 1. The van der Waals surface area contributed by atoms with Crippen LogP contribution in [-0.2, 0) is 20.7 Å². The van der Waals surface area contributed by atoms with Gasteiger partial charge in [-0.1, -0.05) is 90.4 Å². The molecule has 2 aliphatic rings. The molecule has 6 atom stereocenters. The first kappa shape index (κ1) is 46.3. The van der Waals surface area contributed by atoms with Crippen LogP contribution in [0.15, 0.2) is 27.8 Å². The third-order valence-electron chi connectivity index (χ3n) is 12.3. The van der Waals surface area contributed by atoms with Gasteiger partial charge in [0.2, 0.25) is 5.91 Å². The summed E-state index contributed by atoms with van der Waals surface area (Å²) >= 11 is 0. The van der Waals surface area contributed by atoms with E-state index >= 15 is 0 Å². The smallest absolute Gasteiger partial charge is 0.223 e. The average Bonchev–Trinajstić information content (AvgIpc) is 3.58. The quantitative estimate of drug-likeness (QED) is 0.0331. The highest BCUT2D eigenvalue weighted by molar-refractivity contribution is 6.30. The predicted molar refractivity (Wildman–Crippen MR) is 230 cm³/mol. The fourth-order valence-corrected chi connectivity index (χ4v) is 7.92. The first-order valence-electron chi connectivity index (χ1n) is 21.6. The van der Waals surface area contributed by atoms with Gasteiger partial charge in [0.1, 0.15) is 12.0 Å². The Hall–Kier alpha value is -3.04. The molecule has 1 heterocycles. The zero-order chi connectivity index (χ0) is 40.3. The average molecular weight is 764 g/mol. The molecule has 55 heavy (non-hydrogen) atoms. The molecule has 310 valence electrons. The first-order valence-corrected chi connectivity index (χ1v) is 21.6. The minimum Gasteiger partial charge on any atom is -0.464 e. The second-order valence-corrected chi connectivity index (χ2v) is 17.3. The Morgan fingerprint density at radius 2 is 1.64 bits per heavy atom. The van der Waals surface area contributed by atoms with E-state index in [1.165, 1.54) is 69.0 Å². The van der Waals surface area contributed by atoms with Gasteiger partial charge in [0.15, 0.2) is 6.29 Å². The number of nitrogens with two attached hydrogens (primary N) is 1. The molecule has 1 aromatic carbocycles. The van der Waals surface area contributed by atoms with Crippen LogP contribution in [0.4, 0.5) is 0 Å². The molecule has 1 amide bonds. The Balaban J connectivity index is 1.76. The van der Waals surface area contributed by atoms with Crippen LogP contribution in [0.25, 0.3) is 6.08 Å². The number of hydrazone groups is 1. The summed E-state index contributed by atoms with van der Waals surface area (Å²) in [6.07, 6.45) is 20.9. The molecule has 2 N–H and O–H groups in total. The van der Waals surface area contributed by atoms with Crippen molar-refractivity contribution in [1.29, 1.82) is 0 Å². The van der Waals surface area contributed by atoms with Crippen LogP contribution >= 0.6 is 0 Å². The van der Waals surface area contributed by atoms with E-state index in [2.05, 4.69) is 83.8 Å². The number of aldehydes is 1. The van der Waals surface area contributed by atoms with E-state index in [0.29, 0.717) is 42.7 Å². The number of hydrogen-bond donors (Lipinski definition) is 1. The Morgan fingerprint density at radius 1 is 0.964 bits per heavy atom. The lowest BCUT2D eigenvalue weighted by Crippen LogP contribution is -2.39. The van der Waals surface area contributed by atoms with Crippen molar-refractivity contribution in [3.05, 3.63) is 34.4 Å². The summed E-state index contributed by atoms with van der Waals surface area (Å²) in [5.41, 5.74) is 5.34. The van der Waals surface area contributed by atoms with Crippen LogP contribution in [0.1, 0.15) is 160 Å². The van der Waals surface area contributed by atoms with Crippen LogP contribution in [0, 0.1) is 17.8 Å². The second-order valence-electron chi connectivity index (χ2n) is 17.3. The van der Waals surface area contributed by atoms with Crippen LogP contribution in [0.2, 0.25) is 0 Å². The SMILES string of the molecule is CC(C)C(C)N(C)C(=O)CC(CC(C=NCCCCCCCCCCCN(C)C)=NN)c1ccc(OC2CC(C)C(C)C(C)O2)c2c1CC(CCCC=O)=C2. The van der Waals surface area contributed by atoms with Gasteiger partial charge in [-0.05, 0) is 107 Å².